The number of nitrogens with zero attached hydrogens (tertiary/aromatic N) is 5. The van der Waals surface area contributed by atoms with Crippen LogP contribution in [0.2, 0.25) is 0 Å². The number of halogens is 6. The molecule has 0 aliphatic carbocycles. The average Bonchev–Trinajstić information content (AvgIpc) is 3.33. The van der Waals surface area contributed by atoms with E-state index in [-0.39, 0.29) is 30.2 Å². The van der Waals surface area contributed by atoms with E-state index < -0.39 is 40.6 Å². The Morgan fingerprint density at radius 1 is 1.00 bits per heavy atom. The van der Waals surface area contributed by atoms with Crippen molar-refractivity contribution in [2.24, 2.45) is 0 Å². The minimum atomic E-state index is -5.09. The number of amides is 2. The lowest BCUT2D eigenvalue weighted by Crippen LogP contribution is -2.50. The summed E-state index contributed by atoms with van der Waals surface area (Å²) >= 11 is 0. The molecule has 2 amide bonds. The van der Waals surface area contributed by atoms with Crippen molar-refractivity contribution in [3.05, 3.63) is 70.9 Å². The van der Waals surface area contributed by atoms with E-state index in [0.717, 1.165) is 6.33 Å². The van der Waals surface area contributed by atoms with E-state index in [9.17, 15) is 35.9 Å². The van der Waals surface area contributed by atoms with E-state index in [2.05, 4.69) is 20.4 Å². The average molecular weight is 556 g/mol. The second-order valence-electron chi connectivity index (χ2n) is 9.31. The third-order valence-electron chi connectivity index (χ3n) is 5.80. The molecule has 1 aliphatic rings. The predicted molar refractivity (Wildman–Crippen MR) is 123 cm³/mol. The maximum Gasteiger partial charge on any atom is 0.416 e. The summed E-state index contributed by atoms with van der Waals surface area (Å²) in [6.45, 7) is 4.59. The molecule has 0 saturated carbocycles. The van der Waals surface area contributed by atoms with Crippen LogP contribution >= 0.6 is 0 Å². The molecule has 15 heteroatoms. The number of pyridine rings is 1. The lowest BCUT2D eigenvalue weighted by atomic mass is 10.0. The SMILES string of the molecule is CC1(C)CN(C(=O)c2ccc(-n3ncnc3CNC(=O)c3cc(C(F)(F)F)cc(C(F)(F)F)c3)nc2)CCO1. The van der Waals surface area contributed by atoms with Crippen LogP contribution in [0.15, 0.2) is 42.9 Å². The van der Waals surface area contributed by atoms with Gasteiger partial charge in [-0.3, -0.25) is 9.59 Å². The minimum absolute atomic E-state index is 0.0621. The quantitative estimate of drug-likeness (QED) is 0.479. The molecule has 3 aromatic rings. The topological polar surface area (TPSA) is 102 Å². The zero-order valence-corrected chi connectivity index (χ0v) is 20.6. The highest BCUT2D eigenvalue weighted by Crippen LogP contribution is 2.36. The first-order valence-corrected chi connectivity index (χ1v) is 11.5. The molecule has 9 nitrogen and oxygen atoms in total. The lowest BCUT2D eigenvalue weighted by Gasteiger charge is -2.38. The number of benzene rings is 1. The molecule has 208 valence electrons. The number of aromatic nitrogens is 4. The summed E-state index contributed by atoms with van der Waals surface area (Å²) in [6, 6.07) is 3.62. The third kappa shape index (κ3) is 6.53. The predicted octanol–water partition coefficient (Wildman–Crippen LogP) is 3.88. The van der Waals surface area contributed by atoms with Crippen molar-refractivity contribution in [3.63, 3.8) is 0 Å². The Balaban J connectivity index is 1.48. The zero-order chi connectivity index (χ0) is 28.6. The summed E-state index contributed by atoms with van der Waals surface area (Å²) < 4.78 is 85.5. The fourth-order valence-corrected chi connectivity index (χ4v) is 3.94. The molecular formula is C24H22F6N6O3. The second-order valence-corrected chi connectivity index (χ2v) is 9.31. The standard InChI is InChI=1S/C24H22F6N6O3/c1-22(2)12-35(5-6-39-22)21(38)14-3-4-18(31-10-14)36-19(33-13-34-36)11-32-20(37)15-7-16(23(25,26)27)9-17(8-15)24(28,29)30/h3-4,7-10,13H,5-6,11-12H2,1-2H3,(H,32,37). The van der Waals surface area contributed by atoms with Crippen molar-refractivity contribution in [1.82, 2.24) is 30.0 Å². The van der Waals surface area contributed by atoms with E-state index in [1.165, 1.54) is 23.0 Å². The van der Waals surface area contributed by atoms with Crippen molar-refractivity contribution < 1.29 is 40.7 Å². The fourth-order valence-electron chi connectivity index (χ4n) is 3.94. The van der Waals surface area contributed by atoms with E-state index in [4.69, 9.17) is 4.74 Å². The van der Waals surface area contributed by atoms with Crippen molar-refractivity contribution >= 4 is 11.8 Å². The number of morpholine rings is 1. The van der Waals surface area contributed by atoms with Crippen molar-refractivity contribution in [3.8, 4) is 5.82 Å². The van der Waals surface area contributed by atoms with Crippen LogP contribution in [-0.2, 0) is 23.6 Å². The number of hydrogen-bond acceptors (Lipinski definition) is 6. The number of ether oxygens (including phenoxy) is 1. The maximum absolute atomic E-state index is 13.1. The Labute approximate surface area is 217 Å². The Bertz CT molecular complexity index is 1340. The highest BCUT2D eigenvalue weighted by atomic mass is 19.4. The van der Waals surface area contributed by atoms with Gasteiger partial charge in [-0.05, 0) is 44.2 Å². The number of carbonyl (C=O) groups excluding carboxylic acids is 2. The van der Waals surface area contributed by atoms with Gasteiger partial charge in [0.25, 0.3) is 11.8 Å². The number of alkyl halides is 6. The van der Waals surface area contributed by atoms with Crippen molar-refractivity contribution in [2.75, 3.05) is 19.7 Å². The van der Waals surface area contributed by atoms with Crippen LogP contribution in [0.1, 0.15) is 51.5 Å². The number of nitrogens with one attached hydrogen (secondary N) is 1. The molecule has 1 aromatic carbocycles. The lowest BCUT2D eigenvalue weighted by molar-refractivity contribution is -0.143. The molecule has 1 aliphatic heterocycles. The normalized spacial score (nSPS) is 15.7. The molecule has 0 bridgehead atoms. The number of hydrogen-bond donors (Lipinski definition) is 1. The summed E-state index contributed by atoms with van der Waals surface area (Å²) in [6.07, 6.45) is -7.71. The second kappa shape index (κ2) is 10.3. The molecule has 2 aromatic heterocycles. The van der Waals surface area contributed by atoms with Crippen LogP contribution in [0.25, 0.3) is 5.82 Å². The molecule has 0 spiro atoms. The van der Waals surface area contributed by atoms with Gasteiger partial charge in [-0.25, -0.2) is 9.97 Å². The fraction of sp³-hybridized carbons (Fsp3) is 0.375. The Kier molecular flexibility index (Phi) is 7.38. The molecule has 1 fully saturated rings. The van der Waals surface area contributed by atoms with Crippen molar-refractivity contribution in [2.45, 2.75) is 38.3 Å². The molecule has 3 heterocycles. The van der Waals surface area contributed by atoms with Gasteiger partial charge in [0.1, 0.15) is 6.33 Å². The van der Waals surface area contributed by atoms with Gasteiger partial charge in [0.05, 0.1) is 35.4 Å². The summed E-state index contributed by atoms with van der Waals surface area (Å²) in [5.41, 5.74) is -4.20. The molecule has 0 unspecified atom stereocenters. The molecule has 4 rings (SSSR count). The Morgan fingerprint density at radius 3 is 2.23 bits per heavy atom. The molecular weight excluding hydrogens is 534 g/mol. The van der Waals surface area contributed by atoms with Crippen molar-refractivity contribution in [1.29, 1.82) is 0 Å². The highest BCUT2D eigenvalue weighted by Gasteiger charge is 2.37. The number of rotatable bonds is 5. The highest BCUT2D eigenvalue weighted by molar-refractivity contribution is 5.95. The monoisotopic (exact) mass is 556 g/mol. The summed E-state index contributed by atoms with van der Waals surface area (Å²) in [5, 5.41) is 6.25. The third-order valence-corrected chi connectivity index (χ3v) is 5.80. The molecule has 1 saturated heterocycles. The van der Waals surface area contributed by atoms with Gasteiger partial charge in [0.15, 0.2) is 11.6 Å². The van der Waals surface area contributed by atoms with Crippen LogP contribution in [0, 0.1) is 0 Å². The van der Waals surface area contributed by atoms with Gasteiger partial charge in [0.2, 0.25) is 0 Å². The van der Waals surface area contributed by atoms with E-state index >= 15 is 0 Å². The first kappa shape index (κ1) is 28.0. The van der Waals surface area contributed by atoms with Gasteiger partial charge >= 0.3 is 12.4 Å². The van der Waals surface area contributed by atoms with Crippen LogP contribution in [0.4, 0.5) is 26.3 Å². The van der Waals surface area contributed by atoms with Gasteiger partial charge in [0, 0.05) is 24.8 Å². The zero-order valence-electron chi connectivity index (χ0n) is 20.6. The van der Waals surface area contributed by atoms with E-state index in [1.807, 2.05) is 13.8 Å². The summed E-state index contributed by atoms with van der Waals surface area (Å²) in [4.78, 5) is 35.2. The van der Waals surface area contributed by atoms with Gasteiger partial charge in [-0.1, -0.05) is 0 Å². The summed E-state index contributed by atoms with van der Waals surface area (Å²) in [5.74, 6) is -1.11. The molecule has 0 radical (unpaired) electrons. The molecule has 39 heavy (non-hydrogen) atoms. The van der Waals surface area contributed by atoms with Gasteiger partial charge < -0.3 is 15.0 Å². The van der Waals surface area contributed by atoms with Crippen LogP contribution < -0.4 is 5.32 Å². The smallest absolute Gasteiger partial charge is 0.372 e. The Hall–Kier alpha value is -4.01. The van der Waals surface area contributed by atoms with Gasteiger partial charge in [-0.15, -0.1) is 0 Å². The summed E-state index contributed by atoms with van der Waals surface area (Å²) in [7, 11) is 0. The van der Waals surface area contributed by atoms with E-state index in [0.29, 0.717) is 37.4 Å². The van der Waals surface area contributed by atoms with Crippen LogP contribution in [0.5, 0.6) is 0 Å². The maximum atomic E-state index is 13.1. The Morgan fingerprint density at radius 2 is 1.67 bits per heavy atom. The minimum Gasteiger partial charge on any atom is -0.372 e. The molecule has 1 N–H and O–H groups in total. The van der Waals surface area contributed by atoms with Crippen LogP contribution in [0.3, 0.4) is 0 Å². The van der Waals surface area contributed by atoms with Crippen LogP contribution in [-0.4, -0.2) is 61.8 Å². The first-order valence-electron chi connectivity index (χ1n) is 11.5. The molecule has 0 atom stereocenters. The largest absolute Gasteiger partial charge is 0.416 e. The van der Waals surface area contributed by atoms with E-state index in [1.54, 1.807) is 4.90 Å². The number of carbonyl (C=O) groups is 2. The van der Waals surface area contributed by atoms with Gasteiger partial charge in [-0.2, -0.15) is 36.1 Å². The first-order chi connectivity index (χ1) is 18.1.